The summed E-state index contributed by atoms with van der Waals surface area (Å²) in [5.74, 6) is 3.50. The van der Waals surface area contributed by atoms with Crippen LogP contribution in [0.25, 0.3) is 0 Å². The fourth-order valence-electron chi connectivity index (χ4n) is 3.28. The molecule has 2 aliphatic carbocycles. The van der Waals surface area contributed by atoms with Crippen molar-refractivity contribution in [2.45, 2.75) is 37.7 Å². The molecule has 0 saturated heterocycles. The predicted octanol–water partition coefficient (Wildman–Crippen LogP) is 3.40. The van der Waals surface area contributed by atoms with Crippen molar-refractivity contribution in [1.29, 1.82) is 0 Å². The molecule has 1 aromatic rings. The number of hydrogen-bond donors (Lipinski definition) is 0. The molecule has 1 aromatic heterocycles. The molecular weight excluding hydrogens is 250 g/mol. The summed E-state index contributed by atoms with van der Waals surface area (Å²) in [6.07, 6.45) is 7.26. The summed E-state index contributed by atoms with van der Waals surface area (Å²) in [6.45, 7) is 0. The van der Waals surface area contributed by atoms with Gasteiger partial charge in [-0.2, -0.15) is 0 Å². The van der Waals surface area contributed by atoms with Gasteiger partial charge < -0.3 is 9.47 Å². The van der Waals surface area contributed by atoms with Crippen LogP contribution < -0.4 is 9.47 Å². The predicted molar refractivity (Wildman–Crippen MR) is 70.2 cm³/mol. The highest BCUT2D eigenvalue weighted by atomic mass is 35.5. The average Bonchev–Trinajstić information content (AvgIpc) is 3.01. The fraction of sp³-hybridized carbons (Fsp3) is 0.643. The third-order valence-corrected chi connectivity index (χ3v) is 4.47. The standard InChI is InChI=1S/C14H18ClNO2/c1-17-14-8-16-11(7-15)6-13(14)18-12-5-9-2-3-10(12)4-9/h6,8-10,12H,2-5,7H2,1H3. The third-order valence-electron chi connectivity index (χ3n) is 4.20. The molecule has 98 valence electrons. The summed E-state index contributed by atoms with van der Waals surface area (Å²) < 4.78 is 11.5. The van der Waals surface area contributed by atoms with E-state index in [0.717, 1.165) is 23.3 Å². The average molecular weight is 268 g/mol. The highest BCUT2D eigenvalue weighted by molar-refractivity contribution is 6.16. The molecule has 2 saturated carbocycles. The largest absolute Gasteiger partial charge is 0.491 e. The van der Waals surface area contributed by atoms with Crippen LogP contribution in [-0.4, -0.2) is 18.2 Å². The number of methoxy groups -OCH3 is 1. The molecule has 18 heavy (non-hydrogen) atoms. The van der Waals surface area contributed by atoms with Gasteiger partial charge in [0.05, 0.1) is 24.9 Å². The molecule has 0 aliphatic heterocycles. The maximum absolute atomic E-state index is 6.15. The Bertz CT molecular complexity index is 438. The van der Waals surface area contributed by atoms with Crippen LogP contribution in [-0.2, 0) is 5.88 Å². The van der Waals surface area contributed by atoms with Crippen molar-refractivity contribution >= 4 is 11.6 Å². The molecule has 1 heterocycles. The molecule has 0 N–H and O–H groups in total. The van der Waals surface area contributed by atoms with Gasteiger partial charge in [0.25, 0.3) is 0 Å². The van der Waals surface area contributed by atoms with Crippen LogP contribution in [0.4, 0.5) is 0 Å². The van der Waals surface area contributed by atoms with Gasteiger partial charge in [0.15, 0.2) is 11.5 Å². The minimum atomic E-state index is 0.350. The summed E-state index contributed by atoms with van der Waals surface area (Å²) in [4.78, 5) is 4.21. The van der Waals surface area contributed by atoms with Gasteiger partial charge in [0.2, 0.25) is 0 Å². The molecule has 0 amide bonds. The van der Waals surface area contributed by atoms with Crippen LogP contribution in [0.2, 0.25) is 0 Å². The van der Waals surface area contributed by atoms with Gasteiger partial charge in [-0.25, -0.2) is 0 Å². The van der Waals surface area contributed by atoms with Crippen molar-refractivity contribution in [2.24, 2.45) is 11.8 Å². The number of hydrogen-bond acceptors (Lipinski definition) is 3. The van der Waals surface area contributed by atoms with Gasteiger partial charge in [0, 0.05) is 6.07 Å². The van der Waals surface area contributed by atoms with Gasteiger partial charge in [0.1, 0.15) is 6.10 Å². The molecule has 3 atom stereocenters. The fourth-order valence-corrected chi connectivity index (χ4v) is 3.42. The SMILES string of the molecule is COc1cnc(CCl)cc1OC1CC2CCC1C2. The molecule has 0 spiro atoms. The number of nitrogens with zero attached hydrogens (tertiary/aromatic N) is 1. The number of halogens is 1. The Morgan fingerprint density at radius 3 is 2.83 bits per heavy atom. The third kappa shape index (κ3) is 2.16. The van der Waals surface area contributed by atoms with E-state index < -0.39 is 0 Å². The second kappa shape index (κ2) is 4.96. The van der Waals surface area contributed by atoms with E-state index in [9.17, 15) is 0 Å². The van der Waals surface area contributed by atoms with Gasteiger partial charge in [-0.15, -0.1) is 11.6 Å². The van der Waals surface area contributed by atoms with E-state index in [1.165, 1.54) is 25.7 Å². The second-order valence-corrected chi connectivity index (χ2v) is 5.56. The molecule has 4 heteroatoms. The number of alkyl halides is 1. The second-order valence-electron chi connectivity index (χ2n) is 5.29. The first kappa shape index (κ1) is 12.1. The van der Waals surface area contributed by atoms with Crippen LogP contribution in [0.15, 0.2) is 12.3 Å². The van der Waals surface area contributed by atoms with E-state index >= 15 is 0 Å². The molecule has 3 unspecified atom stereocenters. The quantitative estimate of drug-likeness (QED) is 0.784. The summed E-state index contributed by atoms with van der Waals surface area (Å²) in [5, 5.41) is 0. The van der Waals surface area contributed by atoms with E-state index in [0.29, 0.717) is 17.7 Å². The number of fused-ring (bicyclic) bond motifs is 2. The Morgan fingerprint density at radius 1 is 1.33 bits per heavy atom. The highest BCUT2D eigenvalue weighted by Gasteiger charge is 2.41. The minimum absolute atomic E-state index is 0.350. The van der Waals surface area contributed by atoms with Crippen molar-refractivity contribution in [3.8, 4) is 11.5 Å². The molecule has 3 rings (SSSR count). The summed E-state index contributed by atoms with van der Waals surface area (Å²) in [7, 11) is 1.64. The molecular formula is C14H18ClNO2. The van der Waals surface area contributed by atoms with Gasteiger partial charge in [-0.3, -0.25) is 4.98 Å². The van der Waals surface area contributed by atoms with E-state index in [1.54, 1.807) is 13.3 Å². The highest BCUT2D eigenvalue weighted by Crippen LogP contribution is 2.46. The van der Waals surface area contributed by atoms with Crippen molar-refractivity contribution in [3.05, 3.63) is 18.0 Å². The van der Waals surface area contributed by atoms with Gasteiger partial charge >= 0.3 is 0 Å². The molecule has 2 aliphatic rings. The molecule has 2 bridgehead atoms. The van der Waals surface area contributed by atoms with E-state index in [-0.39, 0.29) is 0 Å². The van der Waals surface area contributed by atoms with Gasteiger partial charge in [-0.05, 0) is 37.5 Å². The first-order valence-electron chi connectivity index (χ1n) is 6.55. The van der Waals surface area contributed by atoms with E-state index in [4.69, 9.17) is 21.1 Å². The first-order valence-corrected chi connectivity index (χ1v) is 7.09. The van der Waals surface area contributed by atoms with E-state index in [1.807, 2.05) is 6.07 Å². The van der Waals surface area contributed by atoms with Crippen molar-refractivity contribution in [3.63, 3.8) is 0 Å². The Balaban J connectivity index is 1.78. The van der Waals surface area contributed by atoms with Gasteiger partial charge in [-0.1, -0.05) is 0 Å². The molecule has 2 fully saturated rings. The zero-order chi connectivity index (χ0) is 12.5. The minimum Gasteiger partial charge on any atom is -0.491 e. The van der Waals surface area contributed by atoms with Crippen molar-refractivity contribution in [2.75, 3.05) is 7.11 Å². The lowest BCUT2D eigenvalue weighted by atomic mass is 9.98. The smallest absolute Gasteiger partial charge is 0.179 e. The van der Waals surface area contributed by atoms with Crippen LogP contribution in [0.3, 0.4) is 0 Å². The first-order chi connectivity index (χ1) is 8.80. The summed E-state index contributed by atoms with van der Waals surface area (Å²) in [5.41, 5.74) is 0.829. The van der Waals surface area contributed by atoms with Crippen LogP contribution in [0.1, 0.15) is 31.4 Å². The summed E-state index contributed by atoms with van der Waals surface area (Å²) >= 11 is 5.82. The lowest BCUT2D eigenvalue weighted by Crippen LogP contribution is -2.23. The topological polar surface area (TPSA) is 31.4 Å². The number of aromatic nitrogens is 1. The number of rotatable bonds is 4. The Hall–Kier alpha value is -0.960. The molecule has 0 radical (unpaired) electrons. The number of pyridine rings is 1. The maximum atomic E-state index is 6.15. The molecule has 3 nitrogen and oxygen atoms in total. The van der Waals surface area contributed by atoms with Crippen molar-refractivity contribution in [1.82, 2.24) is 4.98 Å². The monoisotopic (exact) mass is 267 g/mol. The van der Waals surface area contributed by atoms with Crippen molar-refractivity contribution < 1.29 is 9.47 Å². The summed E-state index contributed by atoms with van der Waals surface area (Å²) in [6, 6.07) is 1.90. The van der Waals surface area contributed by atoms with Crippen LogP contribution in [0, 0.1) is 11.8 Å². The zero-order valence-corrected chi connectivity index (χ0v) is 11.3. The Kier molecular flexibility index (Phi) is 3.33. The Morgan fingerprint density at radius 2 is 2.22 bits per heavy atom. The van der Waals surface area contributed by atoms with E-state index in [2.05, 4.69) is 4.98 Å². The zero-order valence-electron chi connectivity index (χ0n) is 10.6. The normalized spacial score (nSPS) is 29.6. The van der Waals surface area contributed by atoms with Crippen LogP contribution >= 0.6 is 11.6 Å². The number of ether oxygens (including phenoxy) is 2. The Labute approximate surface area is 112 Å². The maximum Gasteiger partial charge on any atom is 0.179 e. The lowest BCUT2D eigenvalue weighted by molar-refractivity contribution is 0.133. The van der Waals surface area contributed by atoms with Crippen LogP contribution in [0.5, 0.6) is 11.5 Å². The molecule has 0 aromatic carbocycles. The lowest BCUT2D eigenvalue weighted by Gasteiger charge is -2.24.